The molecule has 0 heterocycles. The summed E-state index contributed by atoms with van der Waals surface area (Å²) in [4.78, 5) is 0. The van der Waals surface area contributed by atoms with Gasteiger partial charge in [0.25, 0.3) is 0 Å². The highest BCUT2D eigenvalue weighted by Crippen LogP contribution is 2.41. The van der Waals surface area contributed by atoms with Crippen LogP contribution in [0.15, 0.2) is 30.3 Å². The van der Waals surface area contributed by atoms with Crippen molar-refractivity contribution in [3.63, 3.8) is 0 Å². The van der Waals surface area contributed by atoms with E-state index in [9.17, 15) is 5.26 Å². The number of nitriles is 1. The fourth-order valence-corrected chi connectivity index (χ4v) is 3.56. The van der Waals surface area contributed by atoms with E-state index in [1.165, 1.54) is 18.4 Å². The number of benzene rings is 1. The largest absolute Gasteiger partial charge is 0.298 e. The fraction of sp³-hybridized carbons (Fsp3) is 0.562. The molecule has 1 aromatic rings. The van der Waals surface area contributed by atoms with Crippen molar-refractivity contribution in [2.75, 3.05) is 12.3 Å². The summed E-state index contributed by atoms with van der Waals surface area (Å²) < 4.78 is 0. The lowest BCUT2D eigenvalue weighted by Crippen LogP contribution is -2.48. The fourth-order valence-electron chi connectivity index (χ4n) is 2.30. The van der Waals surface area contributed by atoms with Crippen LogP contribution >= 0.6 is 11.8 Å². The first kappa shape index (κ1) is 14.4. The van der Waals surface area contributed by atoms with E-state index in [2.05, 4.69) is 42.6 Å². The molecule has 0 radical (unpaired) electrons. The average molecular weight is 274 g/mol. The molecule has 0 aliphatic heterocycles. The van der Waals surface area contributed by atoms with E-state index in [4.69, 9.17) is 0 Å². The second-order valence-electron chi connectivity index (χ2n) is 5.26. The number of rotatable bonds is 8. The predicted octanol–water partition coefficient (Wildman–Crippen LogP) is 3.59. The van der Waals surface area contributed by atoms with Gasteiger partial charge in [0.05, 0.1) is 6.07 Å². The van der Waals surface area contributed by atoms with Gasteiger partial charge in [0, 0.05) is 11.5 Å². The van der Waals surface area contributed by atoms with Crippen molar-refractivity contribution in [1.29, 1.82) is 5.26 Å². The second kappa shape index (κ2) is 6.98. The molecule has 1 atom stereocenters. The molecule has 2 nitrogen and oxygen atoms in total. The summed E-state index contributed by atoms with van der Waals surface area (Å²) in [5, 5.41) is 13.1. The maximum absolute atomic E-state index is 9.58. The van der Waals surface area contributed by atoms with Crippen molar-refractivity contribution in [3.05, 3.63) is 35.9 Å². The molecule has 0 amide bonds. The Kier molecular flexibility index (Phi) is 5.30. The molecule has 1 unspecified atom stereocenters. The van der Waals surface area contributed by atoms with Crippen LogP contribution in [0.4, 0.5) is 0 Å². The van der Waals surface area contributed by atoms with Crippen molar-refractivity contribution in [2.45, 2.75) is 37.5 Å². The first-order valence-electron chi connectivity index (χ1n) is 7.08. The Morgan fingerprint density at radius 3 is 2.68 bits per heavy atom. The molecule has 19 heavy (non-hydrogen) atoms. The van der Waals surface area contributed by atoms with Crippen LogP contribution in [0.1, 0.15) is 31.7 Å². The molecule has 0 spiro atoms. The minimum Gasteiger partial charge on any atom is -0.298 e. The smallest absolute Gasteiger partial charge is 0.118 e. The average Bonchev–Trinajstić information content (AvgIpc) is 3.29. The van der Waals surface area contributed by atoms with Gasteiger partial charge in [0.1, 0.15) is 5.54 Å². The Hall–Kier alpha value is -0.980. The van der Waals surface area contributed by atoms with E-state index >= 15 is 0 Å². The molecule has 1 N–H and O–H groups in total. The Morgan fingerprint density at radius 2 is 2.11 bits per heavy atom. The topological polar surface area (TPSA) is 35.8 Å². The van der Waals surface area contributed by atoms with E-state index in [0.29, 0.717) is 5.92 Å². The molecule has 2 rings (SSSR count). The highest BCUT2D eigenvalue weighted by Gasteiger charge is 2.45. The van der Waals surface area contributed by atoms with Gasteiger partial charge in [-0.1, -0.05) is 37.3 Å². The summed E-state index contributed by atoms with van der Waals surface area (Å²) in [6.45, 7) is 3.09. The van der Waals surface area contributed by atoms with E-state index < -0.39 is 0 Å². The molecule has 0 aromatic heterocycles. The maximum Gasteiger partial charge on any atom is 0.118 e. The van der Waals surface area contributed by atoms with Crippen molar-refractivity contribution in [2.24, 2.45) is 5.92 Å². The minimum atomic E-state index is -0.296. The maximum atomic E-state index is 9.58. The van der Waals surface area contributed by atoms with Crippen molar-refractivity contribution < 1.29 is 0 Å². The van der Waals surface area contributed by atoms with Crippen LogP contribution in [0.2, 0.25) is 0 Å². The summed E-state index contributed by atoms with van der Waals surface area (Å²) in [7, 11) is 0. The quantitative estimate of drug-likeness (QED) is 0.787. The lowest BCUT2D eigenvalue weighted by Gasteiger charge is -2.27. The predicted molar refractivity (Wildman–Crippen MR) is 82.0 cm³/mol. The van der Waals surface area contributed by atoms with Crippen LogP contribution in [0, 0.1) is 17.2 Å². The zero-order valence-corrected chi connectivity index (χ0v) is 12.4. The third-order valence-electron chi connectivity index (χ3n) is 3.61. The van der Waals surface area contributed by atoms with Gasteiger partial charge in [-0.15, -0.1) is 0 Å². The zero-order valence-electron chi connectivity index (χ0n) is 11.6. The van der Waals surface area contributed by atoms with Crippen molar-refractivity contribution in [1.82, 2.24) is 5.32 Å². The molecule has 1 fully saturated rings. The van der Waals surface area contributed by atoms with Crippen LogP contribution in [0.25, 0.3) is 0 Å². The number of nitrogens with one attached hydrogen (secondary N) is 1. The molecule has 0 bridgehead atoms. The first-order valence-corrected chi connectivity index (χ1v) is 8.24. The Balaban J connectivity index is 1.88. The van der Waals surface area contributed by atoms with Gasteiger partial charge in [-0.2, -0.15) is 17.0 Å². The monoisotopic (exact) mass is 274 g/mol. The first-order chi connectivity index (χ1) is 9.30. The van der Waals surface area contributed by atoms with Gasteiger partial charge in [0.2, 0.25) is 0 Å². The molecule has 1 aromatic carbocycles. The van der Waals surface area contributed by atoms with E-state index in [-0.39, 0.29) is 5.54 Å². The SMILES string of the molecule is CCCNC(C#N)(CSCc1ccccc1)C1CC1. The van der Waals surface area contributed by atoms with Gasteiger partial charge in [-0.3, -0.25) is 5.32 Å². The van der Waals surface area contributed by atoms with E-state index in [1.54, 1.807) is 0 Å². The molecular weight excluding hydrogens is 252 g/mol. The van der Waals surface area contributed by atoms with Crippen LogP contribution in [-0.4, -0.2) is 17.8 Å². The van der Waals surface area contributed by atoms with E-state index in [1.807, 2.05) is 17.8 Å². The molecule has 1 aliphatic rings. The number of hydrogen-bond donors (Lipinski definition) is 1. The summed E-state index contributed by atoms with van der Waals surface area (Å²) >= 11 is 1.87. The van der Waals surface area contributed by atoms with Gasteiger partial charge in [0.15, 0.2) is 0 Å². The molecular formula is C16H22N2S. The van der Waals surface area contributed by atoms with Crippen molar-refractivity contribution in [3.8, 4) is 6.07 Å². The van der Waals surface area contributed by atoms with Crippen LogP contribution in [-0.2, 0) is 5.75 Å². The lowest BCUT2D eigenvalue weighted by atomic mass is 9.97. The molecule has 3 heteroatoms. The summed E-state index contributed by atoms with van der Waals surface area (Å²) in [5.41, 5.74) is 1.04. The highest BCUT2D eigenvalue weighted by atomic mass is 32.2. The van der Waals surface area contributed by atoms with Gasteiger partial charge in [-0.05, 0) is 37.3 Å². The van der Waals surface area contributed by atoms with Gasteiger partial charge < -0.3 is 0 Å². The number of hydrogen-bond acceptors (Lipinski definition) is 3. The van der Waals surface area contributed by atoms with Crippen LogP contribution < -0.4 is 5.32 Å². The third kappa shape index (κ3) is 3.99. The normalized spacial score (nSPS) is 17.7. The lowest BCUT2D eigenvalue weighted by molar-refractivity contribution is 0.405. The summed E-state index contributed by atoms with van der Waals surface area (Å²) in [6, 6.07) is 13.1. The number of nitrogens with zero attached hydrogens (tertiary/aromatic N) is 1. The van der Waals surface area contributed by atoms with Gasteiger partial charge in [-0.25, -0.2) is 0 Å². The highest BCUT2D eigenvalue weighted by molar-refractivity contribution is 7.98. The molecule has 102 valence electrons. The molecule has 0 saturated heterocycles. The standard InChI is InChI=1S/C16H22N2S/c1-2-10-18-16(12-17,15-8-9-15)13-19-11-14-6-4-3-5-7-14/h3-7,15,18H,2,8-11,13H2,1H3. The Bertz CT molecular complexity index is 422. The Labute approximate surface area is 120 Å². The zero-order chi connectivity index (χ0) is 13.6. The van der Waals surface area contributed by atoms with Crippen LogP contribution in [0.3, 0.4) is 0 Å². The molecule has 1 saturated carbocycles. The summed E-state index contributed by atoms with van der Waals surface area (Å²) in [6.07, 6.45) is 3.49. The van der Waals surface area contributed by atoms with E-state index in [0.717, 1.165) is 24.5 Å². The molecule has 1 aliphatic carbocycles. The van der Waals surface area contributed by atoms with Crippen LogP contribution in [0.5, 0.6) is 0 Å². The second-order valence-corrected chi connectivity index (χ2v) is 6.25. The third-order valence-corrected chi connectivity index (χ3v) is 4.80. The van der Waals surface area contributed by atoms with Gasteiger partial charge >= 0.3 is 0 Å². The minimum absolute atomic E-state index is 0.296. The summed E-state index contributed by atoms with van der Waals surface area (Å²) in [5.74, 6) is 2.45. The van der Waals surface area contributed by atoms with Crippen molar-refractivity contribution >= 4 is 11.8 Å². The number of thioether (sulfide) groups is 1. The Morgan fingerprint density at radius 1 is 1.37 bits per heavy atom.